The van der Waals surface area contributed by atoms with Crippen molar-refractivity contribution in [2.45, 2.75) is 13.3 Å². The van der Waals surface area contributed by atoms with Crippen LogP contribution in [0.4, 0.5) is 0 Å². The standard InChI is InChI=1S/C12H14O2/c1-3-12(13)14-9-10(2)11-7-5-4-6-8-11/h4-8H,2-3,9H2,1H3. The third kappa shape index (κ3) is 3.05. The van der Waals surface area contributed by atoms with Crippen LogP contribution < -0.4 is 0 Å². The minimum Gasteiger partial charge on any atom is -0.461 e. The van der Waals surface area contributed by atoms with E-state index in [0.717, 1.165) is 11.1 Å². The number of ether oxygens (including phenoxy) is 1. The molecular formula is C12H14O2. The molecule has 14 heavy (non-hydrogen) atoms. The zero-order chi connectivity index (χ0) is 10.4. The summed E-state index contributed by atoms with van der Waals surface area (Å²) in [7, 11) is 0. The molecular weight excluding hydrogens is 176 g/mol. The van der Waals surface area contributed by atoms with E-state index in [4.69, 9.17) is 4.74 Å². The lowest BCUT2D eigenvalue weighted by molar-refractivity contribution is -0.141. The van der Waals surface area contributed by atoms with Gasteiger partial charge in [0.2, 0.25) is 0 Å². The number of hydrogen-bond acceptors (Lipinski definition) is 2. The molecule has 1 rings (SSSR count). The summed E-state index contributed by atoms with van der Waals surface area (Å²) in [6.07, 6.45) is 0.405. The molecule has 0 amide bonds. The van der Waals surface area contributed by atoms with Crippen molar-refractivity contribution in [1.82, 2.24) is 0 Å². The van der Waals surface area contributed by atoms with E-state index in [1.54, 1.807) is 6.92 Å². The smallest absolute Gasteiger partial charge is 0.305 e. The molecule has 2 nitrogen and oxygen atoms in total. The second-order valence-corrected chi connectivity index (χ2v) is 2.98. The maximum absolute atomic E-state index is 10.9. The van der Waals surface area contributed by atoms with Gasteiger partial charge < -0.3 is 4.74 Å². The number of rotatable bonds is 4. The van der Waals surface area contributed by atoms with Crippen LogP contribution in [0.3, 0.4) is 0 Å². The first-order valence-corrected chi connectivity index (χ1v) is 4.63. The molecule has 0 fully saturated rings. The van der Waals surface area contributed by atoms with Crippen LogP contribution >= 0.6 is 0 Å². The summed E-state index contributed by atoms with van der Waals surface area (Å²) in [6, 6.07) is 9.70. The van der Waals surface area contributed by atoms with Crippen molar-refractivity contribution < 1.29 is 9.53 Å². The quantitative estimate of drug-likeness (QED) is 0.682. The molecule has 0 radical (unpaired) electrons. The van der Waals surface area contributed by atoms with E-state index >= 15 is 0 Å². The summed E-state index contributed by atoms with van der Waals surface area (Å²) < 4.78 is 4.97. The van der Waals surface area contributed by atoms with Gasteiger partial charge in [0.05, 0.1) is 0 Å². The van der Waals surface area contributed by atoms with Gasteiger partial charge in [-0.3, -0.25) is 4.79 Å². The highest BCUT2D eigenvalue weighted by molar-refractivity contribution is 5.72. The fourth-order valence-corrected chi connectivity index (χ4v) is 1.03. The summed E-state index contributed by atoms with van der Waals surface area (Å²) in [5.74, 6) is -0.193. The van der Waals surface area contributed by atoms with E-state index in [1.165, 1.54) is 0 Å². The Morgan fingerprint density at radius 1 is 1.36 bits per heavy atom. The lowest BCUT2D eigenvalue weighted by Crippen LogP contribution is -2.04. The molecule has 0 aliphatic rings. The Bertz CT molecular complexity index is 314. The first kappa shape index (κ1) is 10.5. The number of carbonyl (C=O) groups excluding carboxylic acids is 1. The van der Waals surface area contributed by atoms with Crippen molar-refractivity contribution in [3.05, 3.63) is 42.5 Å². The van der Waals surface area contributed by atoms with Gasteiger partial charge in [0, 0.05) is 6.42 Å². The highest BCUT2D eigenvalue weighted by atomic mass is 16.5. The second kappa shape index (κ2) is 5.22. The molecule has 2 heteroatoms. The second-order valence-electron chi connectivity index (χ2n) is 2.98. The molecule has 1 aromatic rings. The third-order valence-electron chi connectivity index (χ3n) is 1.88. The van der Waals surface area contributed by atoms with Gasteiger partial charge in [-0.1, -0.05) is 43.8 Å². The topological polar surface area (TPSA) is 26.3 Å². The fraction of sp³-hybridized carbons (Fsp3) is 0.250. The number of hydrogen-bond donors (Lipinski definition) is 0. The molecule has 0 bridgehead atoms. The predicted octanol–water partition coefficient (Wildman–Crippen LogP) is 2.65. The summed E-state index contributed by atoms with van der Waals surface area (Å²) in [4.78, 5) is 10.9. The van der Waals surface area contributed by atoms with Gasteiger partial charge in [0.25, 0.3) is 0 Å². The van der Waals surface area contributed by atoms with Gasteiger partial charge in [0.15, 0.2) is 0 Å². The maximum atomic E-state index is 10.9. The van der Waals surface area contributed by atoms with Crippen LogP contribution in [0, 0.1) is 0 Å². The first-order valence-electron chi connectivity index (χ1n) is 4.63. The van der Waals surface area contributed by atoms with Gasteiger partial charge in [-0.15, -0.1) is 0 Å². The van der Waals surface area contributed by atoms with Crippen molar-refractivity contribution in [2.75, 3.05) is 6.61 Å². The van der Waals surface area contributed by atoms with Crippen LogP contribution in [0.15, 0.2) is 36.9 Å². The van der Waals surface area contributed by atoms with Gasteiger partial charge in [0.1, 0.15) is 6.61 Å². The Balaban J connectivity index is 2.48. The number of benzene rings is 1. The first-order chi connectivity index (χ1) is 6.74. The molecule has 0 aliphatic heterocycles. The SMILES string of the molecule is C=C(COC(=O)CC)c1ccccc1. The van der Waals surface area contributed by atoms with Gasteiger partial charge >= 0.3 is 5.97 Å². The molecule has 0 heterocycles. The van der Waals surface area contributed by atoms with Crippen LogP contribution in [0.2, 0.25) is 0 Å². The summed E-state index contributed by atoms with van der Waals surface area (Å²) in [6.45, 7) is 5.90. The number of carbonyl (C=O) groups is 1. The van der Waals surface area contributed by atoms with Gasteiger partial charge in [-0.25, -0.2) is 0 Å². The van der Waals surface area contributed by atoms with Gasteiger partial charge in [-0.05, 0) is 11.1 Å². The van der Waals surface area contributed by atoms with Gasteiger partial charge in [-0.2, -0.15) is 0 Å². The molecule has 74 valence electrons. The van der Waals surface area contributed by atoms with Crippen LogP contribution in [-0.4, -0.2) is 12.6 Å². The summed E-state index contributed by atoms with van der Waals surface area (Å²) >= 11 is 0. The molecule has 0 aromatic heterocycles. The van der Waals surface area contributed by atoms with Crippen LogP contribution in [0.25, 0.3) is 5.57 Å². The molecule has 0 unspecified atom stereocenters. The summed E-state index contributed by atoms with van der Waals surface area (Å²) in [5.41, 5.74) is 1.84. The molecule has 0 N–H and O–H groups in total. The minimum atomic E-state index is -0.193. The zero-order valence-electron chi connectivity index (χ0n) is 8.32. The normalized spacial score (nSPS) is 9.50. The lowest BCUT2D eigenvalue weighted by Gasteiger charge is -2.06. The molecule has 0 spiro atoms. The highest BCUT2D eigenvalue weighted by Gasteiger charge is 2.01. The van der Waals surface area contributed by atoms with Crippen LogP contribution in [0.5, 0.6) is 0 Å². The monoisotopic (exact) mass is 190 g/mol. The van der Waals surface area contributed by atoms with Crippen molar-refractivity contribution in [2.24, 2.45) is 0 Å². The summed E-state index contributed by atoms with van der Waals surface area (Å²) in [5, 5.41) is 0. The van der Waals surface area contributed by atoms with E-state index in [9.17, 15) is 4.79 Å². The molecule has 0 saturated carbocycles. The van der Waals surface area contributed by atoms with E-state index in [2.05, 4.69) is 6.58 Å². The average molecular weight is 190 g/mol. The zero-order valence-corrected chi connectivity index (χ0v) is 8.32. The van der Waals surface area contributed by atoms with E-state index < -0.39 is 0 Å². The Labute approximate surface area is 84.2 Å². The van der Waals surface area contributed by atoms with E-state index in [-0.39, 0.29) is 12.6 Å². The van der Waals surface area contributed by atoms with Crippen molar-refractivity contribution >= 4 is 11.5 Å². The third-order valence-corrected chi connectivity index (χ3v) is 1.88. The Morgan fingerprint density at radius 3 is 2.57 bits per heavy atom. The van der Waals surface area contributed by atoms with Crippen molar-refractivity contribution in [3.63, 3.8) is 0 Å². The highest BCUT2D eigenvalue weighted by Crippen LogP contribution is 2.11. The van der Waals surface area contributed by atoms with Crippen LogP contribution in [0.1, 0.15) is 18.9 Å². The van der Waals surface area contributed by atoms with Crippen molar-refractivity contribution in [3.8, 4) is 0 Å². The molecule has 1 aromatic carbocycles. The maximum Gasteiger partial charge on any atom is 0.305 e. The minimum absolute atomic E-state index is 0.193. The largest absolute Gasteiger partial charge is 0.461 e. The molecule has 0 aliphatic carbocycles. The lowest BCUT2D eigenvalue weighted by atomic mass is 10.1. The fourth-order valence-electron chi connectivity index (χ4n) is 1.03. The Hall–Kier alpha value is -1.57. The van der Waals surface area contributed by atoms with E-state index in [1.807, 2.05) is 30.3 Å². The Kier molecular flexibility index (Phi) is 3.92. The van der Waals surface area contributed by atoms with Crippen molar-refractivity contribution in [1.29, 1.82) is 0 Å². The molecule has 0 saturated heterocycles. The molecule has 0 atom stereocenters. The Morgan fingerprint density at radius 2 is 2.00 bits per heavy atom. The van der Waals surface area contributed by atoms with E-state index in [0.29, 0.717) is 6.42 Å². The predicted molar refractivity (Wildman–Crippen MR) is 56.7 cm³/mol. The van der Waals surface area contributed by atoms with Crippen LogP contribution in [-0.2, 0) is 9.53 Å². The number of esters is 1. The average Bonchev–Trinajstić information content (AvgIpc) is 2.26.